The Morgan fingerprint density at radius 1 is 1.71 bits per heavy atom. The smallest absolute Gasteiger partial charge is 0.219 e. The molecule has 1 N–H and O–H groups in total. The number of carbonyl (C=O) groups excluding carboxylic acids is 2. The monoisotopic (exact) mass is 234 g/mol. The molecule has 0 aromatic rings. The summed E-state index contributed by atoms with van der Waals surface area (Å²) in [5.74, 6) is -0.330. The Hall–Kier alpha value is -1.83. The fourth-order valence-corrected chi connectivity index (χ4v) is 2.58. The molecule has 0 radical (unpaired) electrons. The fourth-order valence-electron chi connectivity index (χ4n) is 2.58. The summed E-state index contributed by atoms with van der Waals surface area (Å²) in [6, 6.07) is 1.93. The van der Waals surface area contributed by atoms with Gasteiger partial charge in [-0.25, -0.2) is 0 Å². The maximum atomic E-state index is 11.9. The van der Waals surface area contributed by atoms with E-state index in [1.807, 2.05) is 6.07 Å². The molecule has 90 valence electrons. The minimum atomic E-state index is -0.999. The number of ether oxygens (including phenoxy) is 1. The summed E-state index contributed by atoms with van der Waals surface area (Å²) < 4.78 is 5.56. The molecule has 2 aliphatic rings. The first-order valence-electron chi connectivity index (χ1n) is 5.68. The van der Waals surface area contributed by atoms with Crippen molar-refractivity contribution in [1.82, 2.24) is 5.32 Å². The number of nitriles is 1. The topological polar surface area (TPSA) is 79.2 Å². The molecule has 0 aromatic heterocycles. The third-order valence-electron chi connectivity index (χ3n) is 3.25. The third-order valence-corrected chi connectivity index (χ3v) is 3.25. The van der Waals surface area contributed by atoms with E-state index in [9.17, 15) is 9.59 Å². The fraction of sp³-hybridized carbons (Fsp3) is 0.583. The summed E-state index contributed by atoms with van der Waals surface area (Å²) in [6.07, 6.45) is 3.84. The molecule has 2 rings (SSSR count). The third kappa shape index (κ3) is 2.03. The van der Waals surface area contributed by atoms with Gasteiger partial charge in [-0.05, 0) is 18.9 Å². The van der Waals surface area contributed by atoms with Crippen molar-refractivity contribution >= 4 is 11.7 Å². The highest BCUT2D eigenvalue weighted by Gasteiger charge is 2.49. The number of fused-ring (bicyclic) bond motifs is 1. The van der Waals surface area contributed by atoms with E-state index in [0.29, 0.717) is 25.7 Å². The number of allylic oxidation sites excluding steroid dienone is 2. The minimum Gasteiger partial charge on any atom is -0.457 e. The van der Waals surface area contributed by atoms with Gasteiger partial charge in [0.15, 0.2) is 11.5 Å². The summed E-state index contributed by atoms with van der Waals surface area (Å²) in [7, 11) is 0. The van der Waals surface area contributed by atoms with E-state index in [2.05, 4.69) is 5.32 Å². The molecule has 0 spiro atoms. The minimum absolute atomic E-state index is 0.0956. The Morgan fingerprint density at radius 2 is 2.47 bits per heavy atom. The van der Waals surface area contributed by atoms with Gasteiger partial charge in [0, 0.05) is 19.8 Å². The first-order chi connectivity index (χ1) is 8.07. The Bertz CT molecular complexity index is 436. The van der Waals surface area contributed by atoms with Crippen LogP contribution in [-0.2, 0) is 14.3 Å². The lowest BCUT2D eigenvalue weighted by molar-refractivity contribution is -0.154. The number of nitrogens with zero attached hydrogens (tertiary/aromatic N) is 1. The van der Waals surface area contributed by atoms with E-state index < -0.39 is 5.72 Å². The van der Waals surface area contributed by atoms with E-state index in [4.69, 9.17) is 10.00 Å². The van der Waals surface area contributed by atoms with Crippen LogP contribution in [-0.4, -0.2) is 17.4 Å². The van der Waals surface area contributed by atoms with Gasteiger partial charge in [0.1, 0.15) is 11.9 Å². The maximum absolute atomic E-state index is 11.9. The van der Waals surface area contributed by atoms with Crippen molar-refractivity contribution in [3.63, 3.8) is 0 Å². The highest BCUT2D eigenvalue weighted by Crippen LogP contribution is 2.39. The molecule has 5 nitrogen and oxygen atoms in total. The van der Waals surface area contributed by atoms with Gasteiger partial charge >= 0.3 is 0 Å². The normalized spacial score (nSPS) is 31.6. The van der Waals surface area contributed by atoms with Crippen LogP contribution < -0.4 is 5.32 Å². The molecule has 5 heteroatoms. The Balaban J connectivity index is 2.34. The van der Waals surface area contributed by atoms with Crippen molar-refractivity contribution in [3.05, 3.63) is 11.8 Å². The zero-order valence-corrected chi connectivity index (χ0v) is 9.66. The van der Waals surface area contributed by atoms with Crippen LogP contribution in [0.25, 0.3) is 0 Å². The first-order valence-corrected chi connectivity index (χ1v) is 5.68. The van der Waals surface area contributed by atoms with E-state index in [-0.39, 0.29) is 23.4 Å². The molecule has 1 saturated carbocycles. The quantitative estimate of drug-likeness (QED) is 0.734. The van der Waals surface area contributed by atoms with Crippen LogP contribution >= 0.6 is 0 Å². The first kappa shape index (κ1) is 11.6. The number of carbonyl (C=O) groups is 2. The van der Waals surface area contributed by atoms with Gasteiger partial charge in [-0.15, -0.1) is 0 Å². The van der Waals surface area contributed by atoms with Crippen molar-refractivity contribution in [1.29, 1.82) is 5.26 Å². The van der Waals surface area contributed by atoms with Gasteiger partial charge in [0.05, 0.1) is 5.92 Å². The van der Waals surface area contributed by atoms with Gasteiger partial charge in [0.2, 0.25) is 5.91 Å². The van der Waals surface area contributed by atoms with Crippen LogP contribution in [0.15, 0.2) is 11.8 Å². The van der Waals surface area contributed by atoms with Crippen LogP contribution in [0, 0.1) is 17.2 Å². The maximum Gasteiger partial charge on any atom is 0.219 e. The molecular weight excluding hydrogens is 220 g/mol. The number of nitrogens with one attached hydrogen (secondary N) is 1. The molecule has 1 aliphatic heterocycles. The van der Waals surface area contributed by atoms with E-state index in [1.165, 1.54) is 6.92 Å². The molecular formula is C12H14N2O3. The van der Waals surface area contributed by atoms with Crippen molar-refractivity contribution in [2.45, 2.75) is 38.3 Å². The van der Waals surface area contributed by atoms with Gasteiger partial charge in [-0.3, -0.25) is 9.59 Å². The van der Waals surface area contributed by atoms with Gasteiger partial charge in [-0.2, -0.15) is 5.26 Å². The van der Waals surface area contributed by atoms with Crippen molar-refractivity contribution in [2.24, 2.45) is 5.92 Å². The van der Waals surface area contributed by atoms with Crippen LogP contribution in [0.4, 0.5) is 0 Å². The summed E-state index contributed by atoms with van der Waals surface area (Å²) in [5, 5.41) is 11.6. The van der Waals surface area contributed by atoms with Gasteiger partial charge in [0.25, 0.3) is 0 Å². The van der Waals surface area contributed by atoms with Gasteiger partial charge in [-0.1, -0.05) is 0 Å². The zero-order valence-electron chi connectivity index (χ0n) is 9.66. The second kappa shape index (κ2) is 4.21. The molecule has 0 aromatic carbocycles. The highest BCUT2D eigenvalue weighted by molar-refractivity contribution is 5.85. The lowest BCUT2D eigenvalue weighted by atomic mass is 9.76. The second-order valence-corrected chi connectivity index (χ2v) is 4.46. The number of Topliss-reactive ketones (excluding diaryl/α,β-unsaturated/α-hetero) is 1. The largest absolute Gasteiger partial charge is 0.457 e. The number of ketones is 1. The molecule has 0 unspecified atom stereocenters. The zero-order chi connectivity index (χ0) is 12.5. The summed E-state index contributed by atoms with van der Waals surface area (Å²) in [4.78, 5) is 23.1. The summed E-state index contributed by atoms with van der Waals surface area (Å²) in [5.41, 5.74) is -0.999. The molecule has 0 bridgehead atoms. The molecule has 17 heavy (non-hydrogen) atoms. The predicted octanol–water partition coefficient (Wildman–Crippen LogP) is 1.02. The molecule has 2 atom stereocenters. The Kier molecular flexibility index (Phi) is 2.88. The number of amides is 1. The van der Waals surface area contributed by atoms with E-state index in [0.717, 1.165) is 0 Å². The molecule has 0 saturated heterocycles. The number of hydrogen-bond donors (Lipinski definition) is 1. The van der Waals surface area contributed by atoms with Crippen molar-refractivity contribution in [3.8, 4) is 6.07 Å². The standard InChI is InChI=1S/C12H14N2O3/c1-8(15)14-12-6-2-3-11(16)10(12)5-4-9(7-13)17-12/h4,10H,2-3,5-6H2,1H3,(H,14,15)/t10-,12+/m0/s1. The average molecular weight is 234 g/mol. The second-order valence-electron chi connectivity index (χ2n) is 4.46. The van der Waals surface area contributed by atoms with Crippen LogP contribution in [0.1, 0.15) is 32.6 Å². The average Bonchev–Trinajstić information content (AvgIpc) is 2.27. The van der Waals surface area contributed by atoms with E-state index >= 15 is 0 Å². The van der Waals surface area contributed by atoms with Crippen LogP contribution in [0.2, 0.25) is 0 Å². The molecule has 1 aliphatic carbocycles. The summed E-state index contributed by atoms with van der Waals surface area (Å²) in [6.45, 7) is 1.39. The van der Waals surface area contributed by atoms with E-state index in [1.54, 1.807) is 6.08 Å². The predicted molar refractivity (Wildman–Crippen MR) is 58.3 cm³/mol. The lowest BCUT2D eigenvalue weighted by Gasteiger charge is -2.44. The van der Waals surface area contributed by atoms with Crippen LogP contribution in [0.5, 0.6) is 0 Å². The Labute approximate surface area is 99.4 Å². The lowest BCUT2D eigenvalue weighted by Crippen LogP contribution is -2.60. The Morgan fingerprint density at radius 3 is 3.12 bits per heavy atom. The van der Waals surface area contributed by atoms with Crippen LogP contribution in [0.3, 0.4) is 0 Å². The van der Waals surface area contributed by atoms with Gasteiger partial charge < -0.3 is 10.1 Å². The number of rotatable bonds is 1. The van der Waals surface area contributed by atoms with Crippen molar-refractivity contribution in [2.75, 3.05) is 0 Å². The summed E-state index contributed by atoms with van der Waals surface area (Å²) >= 11 is 0. The molecule has 1 heterocycles. The molecule has 1 fully saturated rings. The number of hydrogen-bond acceptors (Lipinski definition) is 4. The molecule has 1 amide bonds. The highest BCUT2D eigenvalue weighted by atomic mass is 16.5. The van der Waals surface area contributed by atoms with Crippen molar-refractivity contribution < 1.29 is 14.3 Å². The SMILES string of the molecule is CC(=O)N[C@@]12CCCC(=O)[C@@H]1CC=C(C#N)O2.